The van der Waals surface area contributed by atoms with E-state index in [2.05, 4.69) is 5.32 Å². The number of rotatable bonds is 8. The van der Waals surface area contributed by atoms with Crippen LogP contribution in [-0.2, 0) is 9.47 Å². The third-order valence-electron chi connectivity index (χ3n) is 3.80. The number of benzene rings is 2. The molecule has 8 heteroatoms. The van der Waals surface area contributed by atoms with Crippen molar-refractivity contribution >= 4 is 23.5 Å². The highest BCUT2D eigenvalue weighted by molar-refractivity contribution is 6.06. The first-order chi connectivity index (χ1) is 13.9. The third-order valence-corrected chi connectivity index (χ3v) is 3.80. The molecule has 2 rings (SSSR count). The van der Waals surface area contributed by atoms with E-state index in [9.17, 15) is 14.4 Å². The van der Waals surface area contributed by atoms with Gasteiger partial charge in [0.1, 0.15) is 11.5 Å². The van der Waals surface area contributed by atoms with Crippen molar-refractivity contribution in [2.45, 2.75) is 13.8 Å². The van der Waals surface area contributed by atoms with E-state index in [4.69, 9.17) is 18.9 Å². The Morgan fingerprint density at radius 1 is 0.724 bits per heavy atom. The number of methoxy groups -OCH3 is 2. The van der Waals surface area contributed by atoms with E-state index in [1.54, 1.807) is 18.2 Å². The van der Waals surface area contributed by atoms with Gasteiger partial charge in [0.2, 0.25) is 0 Å². The van der Waals surface area contributed by atoms with Crippen molar-refractivity contribution in [3.8, 4) is 11.5 Å². The lowest BCUT2D eigenvalue weighted by molar-refractivity contribution is 0.0599. The highest BCUT2D eigenvalue weighted by Crippen LogP contribution is 2.25. The summed E-state index contributed by atoms with van der Waals surface area (Å²) in [5.41, 5.74) is 0.730. The summed E-state index contributed by atoms with van der Waals surface area (Å²) in [6.07, 6.45) is 0. The first kappa shape index (κ1) is 21.7. The van der Waals surface area contributed by atoms with Gasteiger partial charge in [0.25, 0.3) is 5.91 Å². The van der Waals surface area contributed by atoms with Gasteiger partial charge in [-0.3, -0.25) is 4.79 Å². The van der Waals surface area contributed by atoms with Crippen LogP contribution in [0.4, 0.5) is 5.69 Å². The van der Waals surface area contributed by atoms with Gasteiger partial charge in [-0.15, -0.1) is 0 Å². The second-order valence-corrected chi connectivity index (χ2v) is 5.80. The number of carbonyl (C=O) groups excluding carboxylic acids is 3. The van der Waals surface area contributed by atoms with Gasteiger partial charge in [0.15, 0.2) is 0 Å². The van der Waals surface area contributed by atoms with Crippen LogP contribution in [0.15, 0.2) is 36.4 Å². The van der Waals surface area contributed by atoms with Crippen molar-refractivity contribution in [2.75, 3.05) is 32.8 Å². The zero-order valence-electron chi connectivity index (χ0n) is 16.7. The van der Waals surface area contributed by atoms with Crippen LogP contribution in [0.2, 0.25) is 0 Å². The van der Waals surface area contributed by atoms with E-state index in [-0.39, 0.29) is 16.8 Å². The number of ether oxygens (including phenoxy) is 4. The van der Waals surface area contributed by atoms with Crippen LogP contribution in [0.5, 0.6) is 11.5 Å². The smallest absolute Gasteiger partial charge is 0.337 e. The highest BCUT2D eigenvalue weighted by atomic mass is 16.5. The molecule has 0 bridgehead atoms. The summed E-state index contributed by atoms with van der Waals surface area (Å²) in [6, 6.07) is 8.99. The first-order valence-electron chi connectivity index (χ1n) is 8.95. The SMILES string of the molecule is CCOc1cc(OCC)cc(C(=O)Nc2cc(C(=O)OC)cc(C(=O)OC)c2)c1. The number of hydrogen-bond acceptors (Lipinski definition) is 7. The minimum atomic E-state index is -0.650. The van der Waals surface area contributed by atoms with Crippen LogP contribution in [0.3, 0.4) is 0 Å². The van der Waals surface area contributed by atoms with Gasteiger partial charge in [-0.05, 0) is 44.2 Å². The molecule has 0 radical (unpaired) electrons. The molecule has 2 aromatic carbocycles. The molecule has 0 saturated heterocycles. The molecule has 1 amide bonds. The van der Waals surface area contributed by atoms with Crippen molar-refractivity contribution in [2.24, 2.45) is 0 Å². The number of nitrogens with one attached hydrogen (secondary N) is 1. The second kappa shape index (κ2) is 10.1. The summed E-state index contributed by atoms with van der Waals surface area (Å²) >= 11 is 0. The Kier molecular flexibility index (Phi) is 7.59. The van der Waals surface area contributed by atoms with Crippen LogP contribution in [0.1, 0.15) is 44.9 Å². The molecule has 0 aliphatic carbocycles. The summed E-state index contributed by atoms with van der Waals surface area (Å²) in [5, 5.41) is 2.67. The van der Waals surface area contributed by atoms with Gasteiger partial charge in [-0.25, -0.2) is 9.59 Å². The topological polar surface area (TPSA) is 100 Å². The summed E-state index contributed by atoms with van der Waals surface area (Å²) in [6.45, 7) is 4.53. The summed E-state index contributed by atoms with van der Waals surface area (Å²) in [7, 11) is 2.44. The Balaban J connectivity index is 2.38. The van der Waals surface area contributed by atoms with E-state index in [1.807, 2.05) is 13.8 Å². The van der Waals surface area contributed by atoms with Gasteiger partial charge in [0, 0.05) is 17.3 Å². The van der Waals surface area contributed by atoms with E-state index >= 15 is 0 Å². The fourth-order valence-corrected chi connectivity index (χ4v) is 2.58. The third kappa shape index (κ3) is 5.71. The van der Waals surface area contributed by atoms with Crippen molar-refractivity contribution in [3.05, 3.63) is 53.1 Å². The fourth-order valence-electron chi connectivity index (χ4n) is 2.58. The molecule has 8 nitrogen and oxygen atoms in total. The molecule has 2 aromatic rings. The molecule has 0 unspecified atom stereocenters. The van der Waals surface area contributed by atoms with Crippen molar-refractivity contribution < 1.29 is 33.3 Å². The number of anilines is 1. The first-order valence-corrected chi connectivity index (χ1v) is 8.95. The molecule has 0 saturated carbocycles. The Labute approximate surface area is 168 Å². The van der Waals surface area contributed by atoms with Crippen LogP contribution in [0.25, 0.3) is 0 Å². The monoisotopic (exact) mass is 401 g/mol. The molecule has 1 N–H and O–H groups in total. The lowest BCUT2D eigenvalue weighted by Gasteiger charge is -2.12. The minimum absolute atomic E-state index is 0.101. The molecule has 0 heterocycles. The Hall–Kier alpha value is -3.55. The molecular formula is C21H23NO7. The molecular weight excluding hydrogens is 378 g/mol. The van der Waals surface area contributed by atoms with Crippen molar-refractivity contribution in [1.82, 2.24) is 0 Å². The molecule has 0 aliphatic rings. The predicted molar refractivity (Wildman–Crippen MR) is 106 cm³/mol. The summed E-state index contributed by atoms with van der Waals surface area (Å²) < 4.78 is 20.4. The zero-order chi connectivity index (χ0) is 21.4. The van der Waals surface area contributed by atoms with Crippen molar-refractivity contribution in [3.63, 3.8) is 0 Å². The molecule has 29 heavy (non-hydrogen) atoms. The Morgan fingerprint density at radius 3 is 1.62 bits per heavy atom. The molecule has 154 valence electrons. The van der Waals surface area contributed by atoms with E-state index in [0.29, 0.717) is 30.3 Å². The normalized spacial score (nSPS) is 10.1. The fraction of sp³-hybridized carbons (Fsp3) is 0.286. The Morgan fingerprint density at radius 2 is 1.21 bits per heavy atom. The van der Waals surface area contributed by atoms with E-state index in [0.717, 1.165) is 0 Å². The van der Waals surface area contributed by atoms with E-state index < -0.39 is 17.8 Å². The maximum absolute atomic E-state index is 12.8. The average molecular weight is 401 g/mol. The maximum Gasteiger partial charge on any atom is 0.337 e. The number of amides is 1. The maximum atomic E-state index is 12.8. The van der Waals surface area contributed by atoms with Crippen molar-refractivity contribution in [1.29, 1.82) is 0 Å². The largest absolute Gasteiger partial charge is 0.494 e. The van der Waals surface area contributed by atoms with E-state index in [1.165, 1.54) is 32.4 Å². The quantitative estimate of drug-likeness (QED) is 0.677. The summed E-state index contributed by atoms with van der Waals surface area (Å²) in [5.74, 6) is -0.791. The van der Waals surface area contributed by atoms with Crippen LogP contribution < -0.4 is 14.8 Å². The Bertz CT molecular complexity index is 849. The average Bonchev–Trinajstić information content (AvgIpc) is 2.72. The molecule has 0 fully saturated rings. The summed E-state index contributed by atoms with van der Waals surface area (Å²) in [4.78, 5) is 36.6. The van der Waals surface area contributed by atoms with Crippen LogP contribution in [0, 0.1) is 0 Å². The standard InChI is InChI=1S/C21H23NO7/c1-5-28-17-10-13(11-18(12-17)29-6-2)19(23)22-16-8-14(20(24)26-3)7-15(9-16)21(25)27-4/h7-12H,5-6H2,1-4H3,(H,22,23). The zero-order valence-corrected chi connectivity index (χ0v) is 16.7. The number of carbonyl (C=O) groups is 3. The predicted octanol–water partition coefficient (Wildman–Crippen LogP) is 3.31. The molecule has 0 spiro atoms. The van der Waals surface area contributed by atoms with Gasteiger partial charge < -0.3 is 24.3 Å². The number of hydrogen-bond donors (Lipinski definition) is 1. The lowest BCUT2D eigenvalue weighted by atomic mass is 10.1. The lowest BCUT2D eigenvalue weighted by Crippen LogP contribution is -2.14. The molecule has 0 atom stereocenters. The van der Waals surface area contributed by atoms with Crippen LogP contribution >= 0.6 is 0 Å². The molecule has 0 aromatic heterocycles. The second-order valence-electron chi connectivity index (χ2n) is 5.80. The van der Waals surface area contributed by atoms with Gasteiger partial charge >= 0.3 is 11.9 Å². The van der Waals surface area contributed by atoms with Gasteiger partial charge in [-0.1, -0.05) is 0 Å². The molecule has 0 aliphatic heterocycles. The highest BCUT2D eigenvalue weighted by Gasteiger charge is 2.16. The minimum Gasteiger partial charge on any atom is -0.494 e. The van der Waals surface area contributed by atoms with Crippen LogP contribution in [-0.4, -0.2) is 45.3 Å². The number of esters is 2. The van der Waals surface area contributed by atoms with Gasteiger partial charge in [-0.2, -0.15) is 0 Å². The van der Waals surface area contributed by atoms with Gasteiger partial charge in [0.05, 0.1) is 38.6 Å².